The number of carboxylic acids is 1. The van der Waals surface area contributed by atoms with Crippen LogP contribution in [0.25, 0.3) is 0 Å². The summed E-state index contributed by atoms with van der Waals surface area (Å²) in [6.45, 7) is 12.6. The van der Waals surface area contributed by atoms with E-state index in [4.69, 9.17) is 22.3 Å². The molecule has 0 radical (unpaired) electrons. The van der Waals surface area contributed by atoms with Crippen LogP contribution >= 0.6 is 0 Å². The van der Waals surface area contributed by atoms with E-state index in [1.165, 1.54) is 6.92 Å². The number of nitrogens with one attached hydrogen (secondary N) is 7. The molecule has 0 aliphatic carbocycles. The number of aliphatic carboxylic acids is 1. The van der Waals surface area contributed by atoms with Crippen molar-refractivity contribution in [2.75, 3.05) is 13.1 Å². The summed E-state index contributed by atoms with van der Waals surface area (Å²) in [4.78, 5) is 128. The van der Waals surface area contributed by atoms with Crippen molar-refractivity contribution in [1.29, 1.82) is 0 Å². The van der Waals surface area contributed by atoms with E-state index in [0.717, 1.165) is 0 Å². The van der Waals surface area contributed by atoms with E-state index in [1.54, 1.807) is 34.6 Å². The molecule has 0 rings (SSSR count). The minimum Gasteiger partial charge on any atom is -0.481 e. The Labute approximate surface area is 358 Å². The highest BCUT2D eigenvalue weighted by molar-refractivity contribution is 5.98. The molecular formula is C40H72N10O11. The number of amides is 8. The number of carbonyl (C=O) groups excluding carboxylic acids is 9. The van der Waals surface area contributed by atoms with Gasteiger partial charge in [0.15, 0.2) is 0 Å². The number of carboxylic acid groups (broad SMARTS) is 1. The molecule has 348 valence electrons. The maximum atomic E-state index is 14.0. The number of carbonyl (C=O) groups is 10. The van der Waals surface area contributed by atoms with Gasteiger partial charge >= 0.3 is 5.97 Å². The molecule has 0 aromatic carbocycles. The molecule has 0 fully saturated rings. The fourth-order valence-corrected chi connectivity index (χ4v) is 6.03. The molecule has 0 saturated heterocycles. The molecule has 14 N–H and O–H groups in total. The number of nitrogens with two attached hydrogens (primary N) is 3. The Kier molecular flexibility index (Phi) is 27.4. The molecule has 0 aliphatic rings. The first kappa shape index (κ1) is 55.8. The van der Waals surface area contributed by atoms with Crippen LogP contribution < -0.4 is 54.4 Å². The highest BCUT2D eigenvalue weighted by Gasteiger charge is 2.35. The molecule has 21 nitrogen and oxygen atoms in total. The fraction of sp³-hybridized carbons (Fsp3) is 0.750. The summed E-state index contributed by atoms with van der Waals surface area (Å²) in [5.41, 5.74) is 17.3. The van der Waals surface area contributed by atoms with Gasteiger partial charge in [-0.3, -0.25) is 43.2 Å². The standard InChI is InChI=1S/C40H72N10O11/c1-8-23(5)33(43)39(60)50-34(24(6)9-2)40(61)49-30(20-31(42)53)38(59)47-28(15-11-13-17-44-25(7)52)35(56)46-27(14-10-12-16-41)36(57)48-29(18-22(3)4)37(58)45-26(21-51)19-32(54)55/h21-24,26-30,33-34H,8-20,41,43H2,1-7H3,(H2,42,53)(H,44,52)(H,45,58)(H,46,56)(H,47,59)(H,48,57)(H,49,61)(H,50,60)(H,54,55)/t23-,24-,26-,27-,28-,29-,30-,33-,34-/m0/s1. The van der Waals surface area contributed by atoms with Crippen LogP contribution in [0.3, 0.4) is 0 Å². The lowest BCUT2D eigenvalue weighted by Crippen LogP contribution is -2.61. The van der Waals surface area contributed by atoms with Gasteiger partial charge in [0, 0.05) is 13.5 Å². The van der Waals surface area contributed by atoms with Crippen LogP contribution in [0.1, 0.15) is 119 Å². The van der Waals surface area contributed by atoms with Gasteiger partial charge in [0.1, 0.15) is 36.5 Å². The normalized spacial score (nSPS) is 15.5. The van der Waals surface area contributed by atoms with Crippen LogP contribution in [-0.2, 0) is 47.9 Å². The van der Waals surface area contributed by atoms with Crippen molar-refractivity contribution in [3.63, 3.8) is 0 Å². The van der Waals surface area contributed by atoms with E-state index in [-0.39, 0.29) is 62.8 Å². The van der Waals surface area contributed by atoms with E-state index in [0.29, 0.717) is 32.1 Å². The molecule has 0 unspecified atom stereocenters. The number of hydrogen-bond acceptors (Lipinski definition) is 12. The average molecular weight is 869 g/mol. The third kappa shape index (κ3) is 22.8. The quantitative estimate of drug-likeness (QED) is 0.0267. The number of aldehydes is 1. The van der Waals surface area contributed by atoms with Crippen LogP contribution in [0.4, 0.5) is 0 Å². The van der Waals surface area contributed by atoms with Crippen molar-refractivity contribution in [2.24, 2.45) is 35.0 Å². The summed E-state index contributed by atoms with van der Waals surface area (Å²) in [7, 11) is 0. The molecule has 0 saturated carbocycles. The zero-order valence-corrected chi connectivity index (χ0v) is 36.8. The van der Waals surface area contributed by atoms with Crippen LogP contribution in [-0.4, -0.2) is 120 Å². The minimum atomic E-state index is -1.60. The zero-order valence-electron chi connectivity index (χ0n) is 36.8. The Morgan fingerprint density at radius 2 is 1.11 bits per heavy atom. The number of hydrogen-bond donors (Lipinski definition) is 11. The molecule has 0 heterocycles. The highest BCUT2D eigenvalue weighted by atomic mass is 16.4. The van der Waals surface area contributed by atoms with Gasteiger partial charge in [-0.2, -0.15) is 0 Å². The number of primary amides is 1. The van der Waals surface area contributed by atoms with Gasteiger partial charge in [0.2, 0.25) is 47.3 Å². The third-order valence-electron chi connectivity index (χ3n) is 10.1. The van der Waals surface area contributed by atoms with Crippen LogP contribution in [0, 0.1) is 17.8 Å². The number of unbranched alkanes of at least 4 members (excludes halogenated alkanes) is 2. The molecule has 8 amide bonds. The van der Waals surface area contributed by atoms with Crippen molar-refractivity contribution in [3.05, 3.63) is 0 Å². The maximum Gasteiger partial charge on any atom is 0.305 e. The summed E-state index contributed by atoms with van der Waals surface area (Å²) in [6, 6.07) is -8.89. The first-order chi connectivity index (χ1) is 28.6. The van der Waals surface area contributed by atoms with Gasteiger partial charge in [-0.25, -0.2) is 0 Å². The fourth-order valence-electron chi connectivity index (χ4n) is 6.03. The lowest BCUT2D eigenvalue weighted by molar-refractivity contribution is -0.139. The third-order valence-corrected chi connectivity index (χ3v) is 10.1. The van der Waals surface area contributed by atoms with Gasteiger partial charge < -0.3 is 64.3 Å². The zero-order chi connectivity index (χ0) is 46.8. The molecule has 0 spiro atoms. The smallest absolute Gasteiger partial charge is 0.305 e. The predicted octanol–water partition coefficient (Wildman–Crippen LogP) is -1.65. The van der Waals surface area contributed by atoms with Gasteiger partial charge in [0.25, 0.3) is 0 Å². The Morgan fingerprint density at radius 3 is 1.57 bits per heavy atom. The van der Waals surface area contributed by atoms with Gasteiger partial charge in [-0.15, -0.1) is 0 Å². The topological polar surface area (TPSA) is 353 Å². The molecular weight excluding hydrogens is 796 g/mol. The Hall–Kier alpha value is -5.18. The van der Waals surface area contributed by atoms with Gasteiger partial charge in [-0.1, -0.05) is 54.4 Å². The van der Waals surface area contributed by atoms with Gasteiger partial charge in [-0.05, 0) is 69.2 Å². The van der Waals surface area contributed by atoms with E-state index in [2.05, 4.69) is 37.2 Å². The van der Waals surface area contributed by atoms with Gasteiger partial charge in [0.05, 0.1) is 24.9 Å². The Balaban J connectivity index is 6.63. The first-order valence-electron chi connectivity index (χ1n) is 21.1. The molecule has 61 heavy (non-hydrogen) atoms. The summed E-state index contributed by atoms with van der Waals surface area (Å²) < 4.78 is 0. The molecule has 0 aromatic rings. The largest absolute Gasteiger partial charge is 0.481 e. The molecule has 0 aromatic heterocycles. The molecule has 0 bridgehead atoms. The lowest BCUT2D eigenvalue weighted by Gasteiger charge is -2.29. The monoisotopic (exact) mass is 869 g/mol. The summed E-state index contributed by atoms with van der Waals surface area (Å²) in [5.74, 6) is -8.12. The second kappa shape index (κ2) is 29.9. The SMILES string of the molecule is CC[C@H](C)[C@H](N)C(=O)N[C@H](C(=O)N[C@@H](CC(N)=O)C(=O)N[C@@H](CCCCNC(C)=O)C(=O)N[C@@H](CCCCN)C(=O)N[C@@H](CC(C)C)C(=O)N[C@H](C=O)CC(=O)O)[C@@H](C)CC. The Morgan fingerprint density at radius 1 is 0.623 bits per heavy atom. The highest BCUT2D eigenvalue weighted by Crippen LogP contribution is 2.13. The van der Waals surface area contributed by atoms with E-state index in [1.807, 2.05) is 6.92 Å². The van der Waals surface area contributed by atoms with Crippen molar-refractivity contribution in [1.82, 2.24) is 37.2 Å². The van der Waals surface area contributed by atoms with E-state index >= 15 is 0 Å². The molecule has 0 aliphatic heterocycles. The summed E-state index contributed by atoms with van der Waals surface area (Å²) in [6.07, 6.45) is 1.55. The molecule has 9 atom stereocenters. The predicted molar refractivity (Wildman–Crippen MR) is 225 cm³/mol. The van der Waals surface area contributed by atoms with Crippen LogP contribution in [0.2, 0.25) is 0 Å². The van der Waals surface area contributed by atoms with Crippen LogP contribution in [0.5, 0.6) is 0 Å². The van der Waals surface area contributed by atoms with Crippen molar-refractivity contribution < 1.29 is 53.1 Å². The van der Waals surface area contributed by atoms with Crippen molar-refractivity contribution >= 4 is 59.5 Å². The molecule has 21 heteroatoms. The maximum absolute atomic E-state index is 14.0. The lowest BCUT2D eigenvalue weighted by atomic mass is 9.95. The second-order valence-corrected chi connectivity index (χ2v) is 15.9. The van der Waals surface area contributed by atoms with Crippen molar-refractivity contribution in [2.45, 2.75) is 161 Å². The first-order valence-corrected chi connectivity index (χ1v) is 21.1. The minimum absolute atomic E-state index is 0.0281. The Bertz CT molecular complexity index is 1480. The van der Waals surface area contributed by atoms with E-state index in [9.17, 15) is 47.9 Å². The second-order valence-electron chi connectivity index (χ2n) is 15.9. The summed E-state index contributed by atoms with van der Waals surface area (Å²) >= 11 is 0. The average Bonchev–Trinajstić information content (AvgIpc) is 3.19. The summed E-state index contributed by atoms with van der Waals surface area (Å²) in [5, 5.41) is 27.1. The number of rotatable bonds is 32. The van der Waals surface area contributed by atoms with E-state index < -0.39 is 108 Å². The van der Waals surface area contributed by atoms with Crippen molar-refractivity contribution in [3.8, 4) is 0 Å². The van der Waals surface area contributed by atoms with Crippen LogP contribution in [0.15, 0.2) is 0 Å².